The maximum atomic E-state index is 13.4. The second-order valence-electron chi connectivity index (χ2n) is 4.18. The lowest BCUT2D eigenvalue weighted by molar-refractivity contribution is -0.115. The van der Waals surface area contributed by atoms with Gasteiger partial charge in [-0.25, -0.2) is 4.39 Å². The maximum absolute atomic E-state index is 13.4. The zero-order chi connectivity index (χ0) is 13.7. The molecular formula is C15H15FN2O. The second-order valence-corrected chi connectivity index (χ2v) is 4.18. The average Bonchev–Trinajstić information content (AvgIpc) is 2.42. The molecule has 0 unspecified atom stereocenters. The topological polar surface area (TPSA) is 55.1 Å². The van der Waals surface area contributed by atoms with E-state index in [1.54, 1.807) is 24.3 Å². The molecule has 2 aromatic rings. The van der Waals surface area contributed by atoms with Crippen molar-refractivity contribution in [3.05, 3.63) is 65.5 Å². The molecule has 3 N–H and O–H groups in total. The van der Waals surface area contributed by atoms with Gasteiger partial charge >= 0.3 is 0 Å². The first-order valence-electron chi connectivity index (χ1n) is 6.02. The van der Waals surface area contributed by atoms with E-state index in [9.17, 15) is 9.18 Å². The van der Waals surface area contributed by atoms with Gasteiger partial charge < -0.3 is 11.1 Å². The molecular weight excluding hydrogens is 243 g/mol. The van der Waals surface area contributed by atoms with E-state index in [0.717, 1.165) is 5.56 Å². The summed E-state index contributed by atoms with van der Waals surface area (Å²) in [6.45, 7) is 0.343. The van der Waals surface area contributed by atoms with Crippen LogP contribution in [0.3, 0.4) is 0 Å². The number of carbonyl (C=O) groups is 1. The van der Waals surface area contributed by atoms with Gasteiger partial charge in [-0.05, 0) is 23.3 Å². The monoisotopic (exact) mass is 258 g/mol. The van der Waals surface area contributed by atoms with Crippen LogP contribution in [0.25, 0.3) is 0 Å². The number of rotatable bonds is 4. The Hall–Kier alpha value is -2.20. The lowest BCUT2D eigenvalue weighted by Crippen LogP contribution is -2.17. The number of hydrogen-bond acceptors (Lipinski definition) is 2. The Morgan fingerprint density at radius 2 is 1.68 bits per heavy atom. The zero-order valence-corrected chi connectivity index (χ0v) is 10.4. The highest BCUT2D eigenvalue weighted by Crippen LogP contribution is 2.15. The van der Waals surface area contributed by atoms with Gasteiger partial charge in [0.05, 0.1) is 6.42 Å². The molecule has 19 heavy (non-hydrogen) atoms. The normalized spacial score (nSPS) is 10.2. The Kier molecular flexibility index (Phi) is 4.26. The highest BCUT2D eigenvalue weighted by Gasteiger charge is 2.09. The Morgan fingerprint density at radius 3 is 2.37 bits per heavy atom. The van der Waals surface area contributed by atoms with Crippen LogP contribution in [0.2, 0.25) is 0 Å². The van der Waals surface area contributed by atoms with Gasteiger partial charge in [-0.3, -0.25) is 4.79 Å². The third kappa shape index (κ3) is 3.39. The van der Waals surface area contributed by atoms with E-state index in [1.807, 2.05) is 18.2 Å². The number of hydrogen-bond donors (Lipinski definition) is 2. The Bertz CT molecular complexity index is 584. The highest BCUT2D eigenvalue weighted by atomic mass is 19.1. The number of nitrogens with two attached hydrogens (primary N) is 1. The molecule has 0 atom stereocenters. The molecule has 2 rings (SSSR count). The number of para-hydroxylation sites is 1. The molecule has 4 heteroatoms. The number of anilines is 1. The highest BCUT2D eigenvalue weighted by molar-refractivity contribution is 5.93. The number of benzene rings is 2. The van der Waals surface area contributed by atoms with E-state index in [4.69, 9.17) is 5.73 Å². The molecule has 98 valence electrons. The van der Waals surface area contributed by atoms with Gasteiger partial charge in [0, 0.05) is 12.2 Å². The summed E-state index contributed by atoms with van der Waals surface area (Å²) in [5.74, 6) is -0.629. The number of nitrogens with one attached hydrogen (secondary N) is 1. The summed E-state index contributed by atoms with van der Waals surface area (Å²) in [6.07, 6.45) is 0.00553. The Labute approximate surface area is 111 Å². The molecule has 0 fully saturated rings. The fourth-order valence-electron chi connectivity index (χ4n) is 1.83. The molecule has 1 amide bonds. The first kappa shape index (κ1) is 13.2. The molecule has 0 radical (unpaired) electrons. The summed E-state index contributed by atoms with van der Waals surface area (Å²) >= 11 is 0. The van der Waals surface area contributed by atoms with E-state index in [1.165, 1.54) is 6.07 Å². The van der Waals surface area contributed by atoms with Crippen molar-refractivity contribution < 1.29 is 9.18 Å². The van der Waals surface area contributed by atoms with Crippen molar-refractivity contribution in [3.63, 3.8) is 0 Å². The minimum atomic E-state index is -0.371. The fraction of sp³-hybridized carbons (Fsp3) is 0.133. The Balaban J connectivity index is 2.08. The largest absolute Gasteiger partial charge is 0.326 e. The minimum Gasteiger partial charge on any atom is -0.326 e. The van der Waals surface area contributed by atoms with Crippen molar-refractivity contribution >= 4 is 11.6 Å². The molecule has 0 heterocycles. The van der Waals surface area contributed by atoms with Crippen LogP contribution in [0.15, 0.2) is 48.5 Å². The van der Waals surface area contributed by atoms with Crippen molar-refractivity contribution in [2.24, 2.45) is 5.73 Å². The van der Waals surface area contributed by atoms with Crippen molar-refractivity contribution in [1.29, 1.82) is 0 Å². The van der Waals surface area contributed by atoms with Crippen molar-refractivity contribution in [3.8, 4) is 0 Å². The number of amides is 1. The predicted octanol–water partition coefficient (Wildman–Crippen LogP) is 2.47. The lowest BCUT2D eigenvalue weighted by Gasteiger charge is -2.09. The average molecular weight is 258 g/mol. The Morgan fingerprint density at radius 1 is 1.05 bits per heavy atom. The summed E-state index contributed by atoms with van der Waals surface area (Å²) in [4.78, 5) is 11.9. The smallest absolute Gasteiger partial charge is 0.228 e. The molecule has 0 spiro atoms. The molecule has 0 aliphatic heterocycles. The van der Waals surface area contributed by atoms with Crippen molar-refractivity contribution in [2.45, 2.75) is 13.0 Å². The summed E-state index contributed by atoms with van der Waals surface area (Å²) in [6, 6.07) is 13.5. The van der Waals surface area contributed by atoms with Gasteiger partial charge in [0.25, 0.3) is 0 Å². The quantitative estimate of drug-likeness (QED) is 0.885. The summed E-state index contributed by atoms with van der Waals surface area (Å²) in [5.41, 5.74) is 7.50. The van der Waals surface area contributed by atoms with Gasteiger partial charge in [-0.15, -0.1) is 0 Å². The SMILES string of the molecule is NCc1ccccc1NC(=O)Cc1ccccc1F. The molecule has 0 bridgehead atoms. The molecule has 0 saturated carbocycles. The van der Waals surface area contributed by atoms with E-state index in [0.29, 0.717) is 17.8 Å². The number of carbonyl (C=O) groups excluding carboxylic acids is 1. The molecule has 0 aliphatic rings. The predicted molar refractivity (Wildman–Crippen MR) is 73.1 cm³/mol. The van der Waals surface area contributed by atoms with Gasteiger partial charge in [0.15, 0.2) is 0 Å². The van der Waals surface area contributed by atoms with E-state index >= 15 is 0 Å². The molecule has 2 aromatic carbocycles. The lowest BCUT2D eigenvalue weighted by atomic mass is 10.1. The van der Waals surface area contributed by atoms with Gasteiger partial charge in [0.1, 0.15) is 5.82 Å². The summed E-state index contributed by atoms with van der Waals surface area (Å²) in [7, 11) is 0. The van der Waals surface area contributed by atoms with Crippen LogP contribution in [0, 0.1) is 5.82 Å². The summed E-state index contributed by atoms with van der Waals surface area (Å²) < 4.78 is 13.4. The first-order chi connectivity index (χ1) is 9.20. The third-order valence-electron chi connectivity index (χ3n) is 2.82. The van der Waals surface area contributed by atoms with Crippen LogP contribution >= 0.6 is 0 Å². The fourth-order valence-corrected chi connectivity index (χ4v) is 1.83. The molecule has 0 aromatic heterocycles. The third-order valence-corrected chi connectivity index (χ3v) is 2.82. The van der Waals surface area contributed by atoms with Crippen LogP contribution in [0.5, 0.6) is 0 Å². The summed E-state index contributed by atoms with van der Waals surface area (Å²) in [5, 5.41) is 2.75. The van der Waals surface area contributed by atoms with Crippen LogP contribution in [-0.4, -0.2) is 5.91 Å². The van der Waals surface area contributed by atoms with Crippen LogP contribution in [-0.2, 0) is 17.8 Å². The van der Waals surface area contributed by atoms with Gasteiger partial charge in [-0.2, -0.15) is 0 Å². The van der Waals surface area contributed by atoms with Gasteiger partial charge in [-0.1, -0.05) is 36.4 Å². The van der Waals surface area contributed by atoms with Crippen molar-refractivity contribution in [2.75, 3.05) is 5.32 Å². The van der Waals surface area contributed by atoms with Crippen molar-refractivity contribution in [1.82, 2.24) is 0 Å². The van der Waals surface area contributed by atoms with E-state index in [-0.39, 0.29) is 18.1 Å². The van der Waals surface area contributed by atoms with E-state index < -0.39 is 0 Å². The van der Waals surface area contributed by atoms with Crippen LogP contribution in [0.1, 0.15) is 11.1 Å². The van der Waals surface area contributed by atoms with Crippen LogP contribution in [0.4, 0.5) is 10.1 Å². The molecule has 0 saturated heterocycles. The number of halogens is 1. The van der Waals surface area contributed by atoms with Crippen LogP contribution < -0.4 is 11.1 Å². The zero-order valence-electron chi connectivity index (χ0n) is 10.4. The van der Waals surface area contributed by atoms with E-state index in [2.05, 4.69) is 5.32 Å². The molecule has 0 aliphatic carbocycles. The standard InChI is InChI=1S/C15H15FN2O/c16-13-7-3-1-5-11(13)9-15(19)18-14-8-4-2-6-12(14)10-17/h1-8H,9-10,17H2,(H,18,19). The molecule has 3 nitrogen and oxygen atoms in total. The minimum absolute atomic E-state index is 0.00553. The first-order valence-corrected chi connectivity index (χ1v) is 6.02. The maximum Gasteiger partial charge on any atom is 0.228 e. The second kappa shape index (κ2) is 6.11. The van der Waals surface area contributed by atoms with Gasteiger partial charge in [0.2, 0.25) is 5.91 Å².